The van der Waals surface area contributed by atoms with Gasteiger partial charge in [-0.15, -0.1) is 0 Å². The molecule has 3 rings (SSSR count). The Labute approximate surface area is 147 Å². The monoisotopic (exact) mass is 324 g/mol. The average molecular weight is 325 g/mol. The summed E-state index contributed by atoms with van der Waals surface area (Å²) in [6.45, 7) is 16.1. The summed E-state index contributed by atoms with van der Waals surface area (Å²) in [7, 11) is 0. The number of fused-ring (bicyclic) bond motifs is 1. The highest BCUT2D eigenvalue weighted by Gasteiger charge is 2.41. The molecule has 1 nitrogen and oxygen atoms in total. The summed E-state index contributed by atoms with van der Waals surface area (Å²) < 4.78 is 6.09. The summed E-state index contributed by atoms with van der Waals surface area (Å²) in [5.41, 5.74) is 6.15. The Hall–Kier alpha value is -1.50. The third kappa shape index (κ3) is 3.06. The lowest BCUT2D eigenvalue weighted by atomic mass is 9.65. The first-order valence-corrected chi connectivity index (χ1v) is 9.21. The van der Waals surface area contributed by atoms with Crippen molar-refractivity contribution in [3.63, 3.8) is 0 Å². The van der Waals surface area contributed by atoms with Crippen LogP contribution in [0.15, 0.2) is 34.9 Å². The molecule has 0 amide bonds. The van der Waals surface area contributed by atoms with Crippen molar-refractivity contribution in [2.75, 3.05) is 0 Å². The van der Waals surface area contributed by atoms with Crippen LogP contribution in [0.4, 0.5) is 0 Å². The van der Waals surface area contributed by atoms with Gasteiger partial charge in [0.2, 0.25) is 0 Å². The van der Waals surface area contributed by atoms with Gasteiger partial charge in [-0.1, -0.05) is 72.7 Å². The number of furan rings is 1. The number of hydrogen-bond donors (Lipinski definition) is 0. The summed E-state index contributed by atoms with van der Waals surface area (Å²) in [6.07, 6.45) is 5.39. The zero-order valence-corrected chi connectivity index (χ0v) is 16.4. The highest BCUT2D eigenvalue weighted by Crippen LogP contribution is 2.48. The van der Waals surface area contributed by atoms with Crippen molar-refractivity contribution in [2.24, 2.45) is 0 Å². The topological polar surface area (TPSA) is 13.1 Å². The van der Waals surface area contributed by atoms with E-state index < -0.39 is 0 Å². The van der Waals surface area contributed by atoms with E-state index in [2.05, 4.69) is 72.7 Å². The highest BCUT2D eigenvalue weighted by atomic mass is 16.3. The van der Waals surface area contributed by atoms with Gasteiger partial charge < -0.3 is 4.42 Å². The van der Waals surface area contributed by atoms with Crippen LogP contribution in [0, 0.1) is 0 Å². The predicted molar refractivity (Wildman–Crippen MR) is 102 cm³/mol. The lowest BCUT2D eigenvalue weighted by molar-refractivity contribution is 0.278. The molecule has 0 aliphatic heterocycles. The molecule has 0 radical (unpaired) electrons. The zero-order chi connectivity index (χ0) is 17.8. The van der Waals surface area contributed by atoms with E-state index in [1.807, 2.05) is 6.26 Å². The molecule has 0 N–H and O–H groups in total. The first-order chi connectivity index (χ1) is 11.0. The zero-order valence-electron chi connectivity index (χ0n) is 16.4. The molecule has 1 aromatic heterocycles. The van der Waals surface area contributed by atoms with Crippen LogP contribution in [0.25, 0.3) is 0 Å². The Morgan fingerprint density at radius 2 is 1.50 bits per heavy atom. The fraction of sp³-hybridized carbons (Fsp3) is 0.565. The molecule has 1 aliphatic rings. The maximum absolute atomic E-state index is 6.09. The van der Waals surface area contributed by atoms with E-state index in [0.29, 0.717) is 0 Å². The van der Waals surface area contributed by atoms with Crippen molar-refractivity contribution in [3.05, 3.63) is 58.5 Å². The summed E-state index contributed by atoms with van der Waals surface area (Å²) in [5.74, 6) is 1.21. The Morgan fingerprint density at radius 3 is 2.08 bits per heavy atom. The van der Waals surface area contributed by atoms with Crippen molar-refractivity contribution >= 4 is 0 Å². The summed E-state index contributed by atoms with van der Waals surface area (Å²) in [6, 6.07) is 9.11. The van der Waals surface area contributed by atoms with Crippen molar-refractivity contribution in [3.8, 4) is 0 Å². The fourth-order valence-corrected chi connectivity index (χ4v) is 3.97. The summed E-state index contributed by atoms with van der Waals surface area (Å²) in [4.78, 5) is 0. The normalized spacial score (nSPS) is 19.1. The van der Waals surface area contributed by atoms with Crippen molar-refractivity contribution in [1.82, 2.24) is 0 Å². The quantitative estimate of drug-likeness (QED) is 0.613. The summed E-state index contributed by atoms with van der Waals surface area (Å²) >= 11 is 0. The minimum atomic E-state index is 0.152. The standard InChI is InChI=1S/C23H32O/c1-21(2,3)18-10-8-16(9-11-18)14-17-15-24-20-19(17)22(4,5)12-13-23(20,6)7/h8-11,15H,12-14H2,1-7H3. The molecule has 0 saturated heterocycles. The molecule has 0 atom stereocenters. The molecule has 24 heavy (non-hydrogen) atoms. The maximum Gasteiger partial charge on any atom is 0.113 e. The van der Waals surface area contributed by atoms with Gasteiger partial charge in [-0.2, -0.15) is 0 Å². The van der Waals surface area contributed by atoms with Gasteiger partial charge in [-0.25, -0.2) is 0 Å². The smallest absolute Gasteiger partial charge is 0.113 e. The Morgan fingerprint density at radius 1 is 0.917 bits per heavy atom. The second-order valence-electron chi connectivity index (χ2n) is 9.86. The van der Waals surface area contributed by atoms with Gasteiger partial charge in [0.25, 0.3) is 0 Å². The molecule has 0 spiro atoms. The predicted octanol–water partition coefficient (Wildman–Crippen LogP) is 6.52. The van der Waals surface area contributed by atoms with Gasteiger partial charge >= 0.3 is 0 Å². The van der Waals surface area contributed by atoms with E-state index in [1.54, 1.807) is 0 Å². The van der Waals surface area contributed by atoms with Crippen LogP contribution < -0.4 is 0 Å². The van der Waals surface area contributed by atoms with Crippen LogP contribution in [0.2, 0.25) is 0 Å². The van der Waals surface area contributed by atoms with Crippen molar-refractivity contribution in [2.45, 2.75) is 84.0 Å². The average Bonchev–Trinajstić information content (AvgIpc) is 2.90. The number of benzene rings is 1. The van der Waals surface area contributed by atoms with Gasteiger partial charge in [0.1, 0.15) is 5.76 Å². The van der Waals surface area contributed by atoms with Gasteiger partial charge in [0.15, 0.2) is 0 Å². The molecule has 1 heterocycles. The van der Waals surface area contributed by atoms with Crippen LogP contribution in [0.3, 0.4) is 0 Å². The van der Waals surface area contributed by atoms with Gasteiger partial charge in [0.05, 0.1) is 6.26 Å². The molecule has 0 fully saturated rings. The van der Waals surface area contributed by atoms with E-state index >= 15 is 0 Å². The molecular formula is C23H32O. The number of rotatable bonds is 2. The molecule has 130 valence electrons. The second kappa shape index (κ2) is 5.51. The van der Waals surface area contributed by atoms with E-state index in [4.69, 9.17) is 4.42 Å². The highest BCUT2D eigenvalue weighted by molar-refractivity contribution is 5.43. The van der Waals surface area contributed by atoms with Gasteiger partial charge in [0, 0.05) is 17.4 Å². The SMILES string of the molecule is CC(C)(C)c1ccc(Cc2coc3c2C(C)(C)CCC3(C)C)cc1. The van der Waals surface area contributed by atoms with Crippen molar-refractivity contribution in [1.29, 1.82) is 0 Å². The third-order valence-corrected chi connectivity index (χ3v) is 5.75. The minimum Gasteiger partial charge on any atom is -0.468 e. The Bertz CT molecular complexity index is 720. The Balaban J connectivity index is 1.94. The molecular weight excluding hydrogens is 292 g/mol. The molecule has 1 aliphatic carbocycles. The molecule has 1 heteroatoms. The molecule has 0 bridgehead atoms. The van der Waals surface area contributed by atoms with Crippen LogP contribution >= 0.6 is 0 Å². The van der Waals surface area contributed by atoms with Crippen molar-refractivity contribution < 1.29 is 4.42 Å². The summed E-state index contributed by atoms with van der Waals surface area (Å²) in [5, 5.41) is 0. The molecule has 2 aromatic rings. The molecule has 0 unspecified atom stereocenters. The third-order valence-electron chi connectivity index (χ3n) is 5.75. The fourth-order valence-electron chi connectivity index (χ4n) is 3.97. The van der Waals surface area contributed by atoms with E-state index in [0.717, 1.165) is 6.42 Å². The van der Waals surface area contributed by atoms with Gasteiger partial charge in [-0.05, 0) is 40.4 Å². The van der Waals surface area contributed by atoms with E-state index in [9.17, 15) is 0 Å². The molecule has 0 saturated carbocycles. The van der Waals surface area contributed by atoms with Gasteiger partial charge in [-0.3, -0.25) is 0 Å². The lowest BCUT2D eigenvalue weighted by Gasteiger charge is -2.38. The largest absolute Gasteiger partial charge is 0.468 e. The lowest BCUT2D eigenvalue weighted by Crippen LogP contribution is -2.33. The van der Waals surface area contributed by atoms with E-state index in [1.165, 1.54) is 40.9 Å². The Kier molecular flexibility index (Phi) is 3.98. The first kappa shape index (κ1) is 17.3. The van der Waals surface area contributed by atoms with Crippen LogP contribution in [0.1, 0.15) is 89.3 Å². The number of hydrogen-bond acceptors (Lipinski definition) is 1. The maximum atomic E-state index is 6.09. The molecule has 1 aromatic carbocycles. The second-order valence-corrected chi connectivity index (χ2v) is 9.86. The first-order valence-electron chi connectivity index (χ1n) is 9.21. The van der Waals surface area contributed by atoms with Crippen LogP contribution in [-0.2, 0) is 22.7 Å². The van der Waals surface area contributed by atoms with Crippen LogP contribution in [0.5, 0.6) is 0 Å². The van der Waals surface area contributed by atoms with E-state index in [-0.39, 0.29) is 16.2 Å². The van der Waals surface area contributed by atoms with Crippen LogP contribution in [-0.4, -0.2) is 0 Å². The minimum absolute atomic E-state index is 0.152.